The molecule has 1 fully saturated rings. The summed E-state index contributed by atoms with van der Waals surface area (Å²) in [7, 11) is 0. The van der Waals surface area contributed by atoms with Gasteiger partial charge in [-0.05, 0) is 31.2 Å². The summed E-state index contributed by atoms with van der Waals surface area (Å²) >= 11 is 1.90. The van der Waals surface area contributed by atoms with E-state index < -0.39 is 0 Å². The van der Waals surface area contributed by atoms with Gasteiger partial charge in [-0.2, -0.15) is 11.8 Å². The molecule has 0 amide bonds. The van der Waals surface area contributed by atoms with Crippen LogP contribution in [0, 0.1) is 0 Å². The second-order valence-electron chi connectivity index (χ2n) is 4.08. The lowest BCUT2D eigenvalue weighted by Gasteiger charge is -2.09. The number of anilines is 1. The van der Waals surface area contributed by atoms with Crippen molar-refractivity contribution in [1.29, 1.82) is 0 Å². The van der Waals surface area contributed by atoms with Crippen LogP contribution < -0.4 is 11.1 Å². The number of benzene rings is 1. The van der Waals surface area contributed by atoms with Crippen molar-refractivity contribution in [2.24, 2.45) is 10.7 Å². The number of nitrogens with two attached hydrogens (primary N) is 1. The maximum atomic E-state index is 5.83. The number of aliphatic imine (C=N–C) groups is 1. The molecule has 1 aromatic rings. The van der Waals surface area contributed by atoms with Gasteiger partial charge in [0.1, 0.15) is 0 Å². The van der Waals surface area contributed by atoms with E-state index in [9.17, 15) is 0 Å². The molecular weight excluding hydrogens is 218 g/mol. The average Bonchev–Trinajstić information content (AvgIpc) is 3.09. The number of hydrogen-bond acceptors (Lipinski definition) is 2. The lowest BCUT2D eigenvalue weighted by Crippen LogP contribution is -2.24. The predicted molar refractivity (Wildman–Crippen MR) is 72.0 cm³/mol. The van der Waals surface area contributed by atoms with Gasteiger partial charge >= 0.3 is 0 Å². The third-order valence-corrected chi connectivity index (χ3v) is 4.23. The van der Waals surface area contributed by atoms with Crippen molar-refractivity contribution in [3.8, 4) is 0 Å². The van der Waals surface area contributed by atoms with Gasteiger partial charge < -0.3 is 11.1 Å². The zero-order chi connectivity index (χ0) is 11.4. The third kappa shape index (κ3) is 2.92. The Morgan fingerprint density at radius 1 is 1.44 bits per heavy atom. The number of guanidine groups is 1. The molecular formula is C12H17N3S. The molecule has 0 saturated heterocycles. The van der Waals surface area contributed by atoms with Crippen molar-refractivity contribution >= 4 is 23.4 Å². The molecule has 2 rings (SSSR count). The molecule has 1 aliphatic rings. The first-order chi connectivity index (χ1) is 7.74. The summed E-state index contributed by atoms with van der Waals surface area (Å²) in [5.41, 5.74) is 6.81. The van der Waals surface area contributed by atoms with Crippen LogP contribution >= 0.6 is 11.8 Å². The maximum absolute atomic E-state index is 5.83. The molecule has 0 aromatic heterocycles. The average molecular weight is 235 g/mol. The summed E-state index contributed by atoms with van der Waals surface area (Å²) in [4.78, 5) is 4.39. The highest BCUT2D eigenvalue weighted by Gasteiger charge is 2.41. The molecule has 3 nitrogen and oxygen atoms in total. The Balaban J connectivity index is 1.88. The van der Waals surface area contributed by atoms with Crippen LogP contribution in [-0.4, -0.2) is 23.5 Å². The second-order valence-corrected chi connectivity index (χ2v) is 5.35. The molecule has 0 heterocycles. The van der Waals surface area contributed by atoms with Gasteiger partial charge in [0.25, 0.3) is 0 Å². The van der Waals surface area contributed by atoms with E-state index >= 15 is 0 Å². The van der Waals surface area contributed by atoms with Gasteiger partial charge in [-0.3, -0.25) is 4.99 Å². The van der Waals surface area contributed by atoms with Crippen LogP contribution in [0.1, 0.15) is 12.8 Å². The van der Waals surface area contributed by atoms with Crippen LogP contribution in [0.5, 0.6) is 0 Å². The fourth-order valence-corrected chi connectivity index (χ4v) is 2.21. The zero-order valence-corrected chi connectivity index (χ0v) is 10.3. The van der Waals surface area contributed by atoms with Crippen LogP contribution in [-0.2, 0) is 0 Å². The minimum atomic E-state index is 0.378. The molecule has 0 unspecified atom stereocenters. The molecule has 4 heteroatoms. The summed E-state index contributed by atoms with van der Waals surface area (Å²) in [5, 5.41) is 3.08. The fraction of sp³-hybridized carbons (Fsp3) is 0.417. The van der Waals surface area contributed by atoms with Gasteiger partial charge in [-0.15, -0.1) is 0 Å². The van der Waals surface area contributed by atoms with E-state index in [1.165, 1.54) is 12.8 Å². The van der Waals surface area contributed by atoms with E-state index in [2.05, 4.69) is 16.6 Å². The maximum Gasteiger partial charge on any atom is 0.193 e. The standard InChI is InChI=1S/C12H17N3S/c1-16-12(7-8-12)9-14-11(13)15-10-5-3-2-4-6-10/h2-6H,7-9H2,1H3,(H3,13,14,15). The van der Waals surface area contributed by atoms with Gasteiger partial charge in [0, 0.05) is 10.4 Å². The Hall–Kier alpha value is -1.16. The number of nitrogens with zero attached hydrogens (tertiary/aromatic N) is 1. The number of hydrogen-bond donors (Lipinski definition) is 2. The summed E-state index contributed by atoms with van der Waals surface area (Å²) < 4.78 is 0.378. The Labute approximate surface area is 101 Å². The van der Waals surface area contributed by atoms with E-state index in [1.807, 2.05) is 42.1 Å². The van der Waals surface area contributed by atoms with Crippen LogP contribution in [0.3, 0.4) is 0 Å². The Morgan fingerprint density at radius 2 is 2.12 bits per heavy atom. The summed E-state index contributed by atoms with van der Waals surface area (Å²) in [6, 6.07) is 9.87. The van der Waals surface area contributed by atoms with E-state index in [0.717, 1.165) is 12.2 Å². The molecule has 0 spiro atoms. The SMILES string of the molecule is CSC1(CN=C(N)Nc2ccccc2)CC1. The van der Waals surface area contributed by atoms with Crippen LogP contribution in [0.25, 0.3) is 0 Å². The first kappa shape index (κ1) is 11.3. The molecule has 0 bridgehead atoms. The van der Waals surface area contributed by atoms with Crippen molar-refractivity contribution < 1.29 is 0 Å². The smallest absolute Gasteiger partial charge is 0.193 e. The van der Waals surface area contributed by atoms with Crippen LogP contribution in [0.4, 0.5) is 5.69 Å². The number of para-hydroxylation sites is 1. The third-order valence-electron chi connectivity index (χ3n) is 2.82. The number of thioether (sulfide) groups is 1. The monoisotopic (exact) mass is 235 g/mol. The van der Waals surface area contributed by atoms with Gasteiger partial charge in [0.2, 0.25) is 0 Å². The van der Waals surface area contributed by atoms with Gasteiger partial charge in [0.05, 0.1) is 6.54 Å². The predicted octanol–water partition coefficient (Wildman–Crippen LogP) is 2.31. The first-order valence-corrected chi connectivity index (χ1v) is 6.64. The van der Waals surface area contributed by atoms with E-state index in [-0.39, 0.29) is 0 Å². The quantitative estimate of drug-likeness (QED) is 0.622. The lowest BCUT2D eigenvalue weighted by atomic mass is 10.3. The molecule has 3 N–H and O–H groups in total. The van der Waals surface area contributed by atoms with E-state index in [4.69, 9.17) is 5.73 Å². The topological polar surface area (TPSA) is 50.4 Å². The minimum absolute atomic E-state index is 0.378. The lowest BCUT2D eigenvalue weighted by molar-refractivity contribution is 0.901. The molecule has 1 aliphatic carbocycles. The first-order valence-electron chi connectivity index (χ1n) is 5.41. The fourth-order valence-electron chi connectivity index (χ4n) is 1.50. The summed E-state index contributed by atoms with van der Waals surface area (Å²) in [5.74, 6) is 0.506. The Bertz CT molecular complexity index is 371. The highest BCUT2D eigenvalue weighted by Crippen LogP contribution is 2.47. The molecule has 0 radical (unpaired) electrons. The zero-order valence-electron chi connectivity index (χ0n) is 9.44. The highest BCUT2D eigenvalue weighted by molar-refractivity contribution is 8.00. The molecule has 1 saturated carbocycles. The Morgan fingerprint density at radius 3 is 2.69 bits per heavy atom. The Kier molecular flexibility index (Phi) is 3.39. The molecule has 0 atom stereocenters. The largest absolute Gasteiger partial charge is 0.370 e. The van der Waals surface area contributed by atoms with Crippen LogP contribution in [0.2, 0.25) is 0 Å². The number of nitrogens with one attached hydrogen (secondary N) is 1. The summed E-state index contributed by atoms with van der Waals surface area (Å²) in [6.45, 7) is 0.819. The van der Waals surface area contributed by atoms with Gasteiger partial charge in [0.15, 0.2) is 5.96 Å². The van der Waals surface area contributed by atoms with Crippen molar-refractivity contribution in [2.45, 2.75) is 17.6 Å². The van der Waals surface area contributed by atoms with Crippen molar-refractivity contribution in [1.82, 2.24) is 0 Å². The minimum Gasteiger partial charge on any atom is -0.370 e. The number of rotatable bonds is 4. The van der Waals surface area contributed by atoms with Gasteiger partial charge in [-0.1, -0.05) is 18.2 Å². The van der Waals surface area contributed by atoms with Crippen molar-refractivity contribution in [2.75, 3.05) is 18.1 Å². The highest BCUT2D eigenvalue weighted by atomic mass is 32.2. The van der Waals surface area contributed by atoms with Crippen molar-refractivity contribution in [3.63, 3.8) is 0 Å². The van der Waals surface area contributed by atoms with Gasteiger partial charge in [-0.25, -0.2) is 0 Å². The molecule has 1 aromatic carbocycles. The van der Waals surface area contributed by atoms with E-state index in [1.54, 1.807) is 0 Å². The summed E-state index contributed by atoms with van der Waals surface area (Å²) in [6.07, 6.45) is 4.66. The van der Waals surface area contributed by atoms with E-state index in [0.29, 0.717) is 10.7 Å². The van der Waals surface area contributed by atoms with Crippen LogP contribution in [0.15, 0.2) is 35.3 Å². The second kappa shape index (κ2) is 4.78. The van der Waals surface area contributed by atoms with Crippen molar-refractivity contribution in [3.05, 3.63) is 30.3 Å². The molecule has 86 valence electrons. The molecule has 16 heavy (non-hydrogen) atoms. The normalized spacial score (nSPS) is 18.2. The molecule has 0 aliphatic heterocycles.